The van der Waals surface area contributed by atoms with Crippen molar-refractivity contribution in [1.82, 2.24) is 14.8 Å². The lowest BCUT2D eigenvalue weighted by atomic mass is 10.1. The van der Waals surface area contributed by atoms with Crippen molar-refractivity contribution in [2.45, 2.75) is 6.92 Å². The lowest BCUT2D eigenvalue weighted by Crippen LogP contribution is -1.93. The lowest BCUT2D eigenvalue weighted by Gasteiger charge is -2.04. The Kier molecular flexibility index (Phi) is 4.68. The minimum atomic E-state index is 0.512. The summed E-state index contributed by atoms with van der Waals surface area (Å²) >= 11 is 13.5. The second kappa shape index (κ2) is 7.11. The first-order valence-corrected chi connectivity index (χ1v) is 9.52. The van der Waals surface area contributed by atoms with E-state index in [0.29, 0.717) is 10.0 Å². The number of nitrogens with zero attached hydrogens (tertiary/aromatic N) is 3. The molecule has 0 spiro atoms. The molecular formula is C19H14Cl2N4S. The molecule has 130 valence electrons. The van der Waals surface area contributed by atoms with E-state index >= 15 is 0 Å². The highest BCUT2D eigenvalue weighted by atomic mass is 35.5. The molecule has 0 aliphatic rings. The molecule has 4 aromatic rings. The van der Waals surface area contributed by atoms with Gasteiger partial charge in [0, 0.05) is 22.8 Å². The third-order valence-electron chi connectivity index (χ3n) is 3.81. The fourth-order valence-electron chi connectivity index (χ4n) is 2.50. The van der Waals surface area contributed by atoms with Gasteiger partial charge in [-0.05, 0) is 42.8 Å². The van der Waals surface area contributed by atoms with Crippen LogP contribution < -0.4 is 5.32 Å². The van der Waals surface area contributed by atoms with Gasteiger partial charge >= 0.3 is 0 Å². The van der Waals surface area contributed by atoms with E-state index in [-0.39, 0.29) is 0 Å². The SMILES string of the molecule is Cc1cnn(-c2ccc(-c3csc(Nc4ccc(Cl)c(Cl)c4)n3)cc2)c1. The lowest BCUT2D eigenvalue weighted by molar-refractivity contribution is 0.880. The molecule has 26 heavy (non-hydrogen) atoms. The van der Waals surface area contributed by atoms with Crippen LogP contribution in [0.25, 0.3) is 16.9 Å². The molecule has 7 heteroatoms. The van der Waals surface area contributed by atoms with Crippen LogP contribution in [-0.2, 0) is 0 Å². The molecule has 0 fully saturated rings. The Bertz CT molecular complexity index is 1050. The van der Waals surface area contributed by atoms with Crippen molar-refractivity contribution < 1.29 is 0 Å². The van der Waals surface area contributed by atoms with Crippen LogP contribution in [0, 0.1) is 6.92 Å². The number of halogens is 2. The summed E-state index contributed by atoms with van der Waals surface area (Å²) in [5.41, 5.74) is 4.97. The van der Waals surface area contributed by atoms with Gasteiger partial charge in [-0.1, -0.05) is 35.3 Å². The van der Waals surface area contributed by atoms with Crippen molar-refractivity contribution in [3.8, 4) is 16.9 Å². The quantitative estimate of drug-likeness (QED) is 0.433. The molecule has 2 heterocycles. The molecule has 0 saturated heterocycles. The van der Waals surface area contributed by atoms with Crippen LogP contribution in [0.3, 0.4) is 0 Å². The van der Waals surface area contributed by atoms with Crippen LogP contribution >= 0.6 is 34.5 Å². The first-order chi connectivity index (χ1) is 12.6. The fourth-order valence-corrected chi connectivity index (χ4v) is 3.54. The van der Waals surface area contributed by atoms with E-state index < -0.39 is 0 Å². The number of hydrogen-bond donors (Lipinski definition) is 1. The van der Waals surface area contributed by atoms with Crippen molar-refractivity contribution in [2.75, 3.05) is 5.32 Å². The van der Waals surface area contributed by atoms with Crippen molar-refractivity contribution >= 4 is 45.4 Å². The van der Waals surface area contributed by atoms with E-state index in [1.807, 2.05) is 59.7 Å². The Balaban J connectivity index is 1.53. The molecule has 0 bridgehead atoms. The number of nitrogens with one attached hydrogen (secondary N) is 1. The normalized spacial score (nSPS) is 10.9. The molecule has 0 radical (unpaired) electrons. The van der Waals surface area contributed by atoms with Crippen LogP contribution in [0.5, 0.6) is 0 Å². The van der Waals surface area contributed by atoms with Gasteiger partial charge in [-0.2, -0.15) is 5.10 Å². The summed E-state index contributed by atoms with van der Waals surface area (Å²) in [6.07, 6.45) is 3.84. The van der Waals surface area contributed by atoms with E-state index in [1.165, 1.54) is 11.3 Å². The smallest absolute Gasteiger partial charge is 0.187 e. The van der Waals surface area contributed by atoms with Crippen LogP contribution in [0.1, 0.15) is 5.56 Å². The molecule has 0 amide bonds. The van der Waals surface area contributed by atoms with Gasteiger partial charge in [0.25, 0.3) is 0 Å². The van der Waals surface area contributed by atoms with Crippen molar-refractivity contribution in [3.05, 3.63) is 75.8 Å². The highest BCUT2D eigenvalue weighted by Gasteiger charge is 2.07. The summed E-state index contributed by atoms with van der Waals surface area (Å²) in [5.74, 6) is 0. The van der Waals surface area contributed by atoms with E-state index in [9.17, 15) is 0 Å². The standard InChI is InChI=1S/C19H14Cl2N4S/c1-12-9-22-25(10-12)15-5-2-13(3-6-15)18-11-26-19(24-18)23-14-4-7-16(20)17(21)8-14/h2-11H,1H3,(H,23,24). The zero-order valence-electron chi connectivity index (χ0n) is 13.8. The zero-order valence-corrected chi connectivity index (χ0v) is 16.1. The van der Waals surface area contributed by atoms with Gasteiger partial charge < -0.3 is 5.32 Å². The summed E-state index contributed by atoms with van der Waals surface area (Å²) < 4.78 is 1.86. The van der Waals surface area contributed by atoms with E-state index in [4.69, 9.17) is 23.2 Å². The Morgan fingerprint density at radius 3 is 2.54 bits per heavy atom. The number of benzene rings is 2. The summed E-state index contributed by atoms with van der Waals surface area (Å²) in [5, 5.41) is 11.4. The molecule has 1 N–H and O–H groups in total. The minimum absolute atomic E-state index is 0.512. The molecule has 4 rings (SSSR count). The van der Waals surface area contributed by atoms with Crippen molar-refractivity contribution in [3.63, 3.8) is 0 Å². The predicted octanol–water partition coefficient (Wildman–Crippen LogP) is 6.35. The highest BCUT2D eigenvalue weighted by molar-refractivity contribution is 7.14. The summed E-state index contributed by atoms with van der Waals surface area (Å²) in [6.45, 7) is 2.02. The predicted molar refractivity (Wildman–Crippen MR) is 109 cm³/mol. The summed E-state index contributed by atoms with van der Waals surface area (Å²) in [4.78, 5) is 4.64. The Morgan fingerprint density at radius 2 is 1.85 bits per heavy atom. The average Bonchev–Trinajstić information content (AvgIpc) is 3.28. The van der Waals surface area contributed by atoms with Gasteiger partial charge in [0.15, 0.2) is 5.13 Å². The third-order valence-corrected chi connectivity index (χ3v) is 5.31. The topological polar surface area (TPSA) is 42.7 Å². The second-order valence-electron chi connectivity index (χ2n) is 5.80. The van der Waals surface area contributed by atoms with Crippen molar-refractivity contribution in [1.29, 1.82) is 0 Å². The van der Waals surface area contributed by atoms with Gasteiger partial charge in [0.2, 0.25) is 0 Å². The number of aromatic nitrogens is 3. The van der Waals surface area contributed by atoms with Crippen LogP contribution in [0.4, 0.5) is 10.8 Å². The molecule has 2 aromatic carbocycles. The molecule has 0 saturated carbocycles. The molecule has 0 aliphatic heterocycles. The maximum Gasteiger partial charge on any atom is 0.187 e. The largest absolute Gasteiger partial charge is 0.331 e. The average molecular weight is 401 g/mol. The van der Waals surface area contributed by atoms with Crippen molar-refractivity contribution in [2.24, 2.45) is 0 Å². The maximum atomic E-state index is 6.05. The third kappa shape index (κ3) is 3.60. The Labute approximate surface area is 165 Å². The Morgan fingerprint density at radius 1 is 1.04 bits per heavy atom. The summed E-state index contributed by atoms with van der Waals surface area (Å²) in [7, 11) is 0. The van der Waals surface area contributed by atoms with Crippen LogP contribution in [0.2, 0.25) is 10.0 Å². The second-order valence-corrected chi connectivity index (χ2v) is 7.47. The van der Waals surface area contributed by atoms with E-state index in [1.54, 1.807) is 12.1 Å². The zero-order chi connectivity index (χ0) is 18.1. The van der Waals surface area contributed by atoms with Crippen LogP contribution in [0.15, 0.2) is 60.2 Å². The number of thiazole rings is 1. The van der Waals surface area contributed by atoms with Crippen LogP contribution in [-0.4, -0.2) is 14.8 Å². The summed E-state index contributed by atoms with van der Waals surface area (Å²) in [6, 6.07) is 13.6. The number of aryl methyl sites for hydroxylation is 1. The van der Waals surface area contributed by atoms with Gasteiger partial charge in [-0.25, -0.2) is 9.67 Å². The number of anilines is 2. The fraction of sp³-hybridized carbons (Fsp3) is 0.0526. The maximum absolute atomic E-state index is 6.05. The minimum Gasteiger partial charge on any atom is -0.331 e. The first kappa shape index (κ1) is 17.1. The first-order valence-electron chi connectivity index (χ1n) is 7.88. The molecular weight excluding hydrogens is 387 g/mol. The van der Waals surface area contributed by atoms with Gasteiger partial charge in [0.1, 0.15) is 0 Å². The van der Waals surface area contributed by atoms with E-state index in [0.717, 1.165) is 33.3 Å². The van der Waals surface area contributed by atoms with E-state index in [2.05, 4.69) is 15.4 Å². The van der Waals surface area contributed by atoms with Gasteiger partial charge in [0.05, 0.1) is 27.6 Å². The van der Waals surface area contributed by atoms with Gasteiger partial charge in [-0.15, -0.1) is 11.3 Å². The molecule has 0 unspecified atom stereocenters. The molecule has 4 nitrogen and oxygen atoms in total. The molecule has 0 aliphatic carbocycles. The van der Waals surface area contributed by atoms with Gasteiger partial charge in [-0.3, -0.25) is 0 Å². The monoisotopic (exact) mass is 400 g/mol. The Hall–Kier alpha value is -2.34. The number of hydrogen-bond acceptors (Lipinski definition) is 4. The molecule has 2 aromatic heterocycles. The number of rotatable bonds is 4. The molecule has 0 atom stereocenters. The highest BCUT2D eigenvalue weighted by Crippen LogP contribution is 2.30.